The van der Waals surface area contributed by atoms with Crippen molar-refractivity contribution in [1.29, 1.82) is 0 Å². The van der Waals surface area contributed by atoms with Crippen molar-refractivity contribution in [1.82, 2.24) is 5.32 Å². The third kappa shape index (κ3) is 5.28. The number of thiophene rings is 1. The van der Waals surface area contributed by atoms with Crippen LogP contribution in [0, 0.1) is 6.92 Å². The van der Waals surface area contributed by atoms with Crippen molar-refractivity contribution in [2.75, 3.05) is 5.32 Å². The predicted octanol–water partition coefficient (Wildman–Crippen LogP) is 4.80. The van der Waals surface area contributed by atoms with Crippen LogP contribution in [0.2, 0.25) is 0 Å². The summed E-state index contributed by atoms with van der Waals surface area (Å²) in [5.41, 5.74) is 2.66. The summed E-state index contributed by atoms with van der Waals surface area (Å²) in [6, 6.07) is 18.2. The van der Waals surface area contributed by atoms with E-state index in [0.717, 1.165) is 21.3 Å². The summed E-state index contributed by atoms with van der Waals surface area (Å²) in [5.74, 6) is -0.484. The summed E-state index contributed by atoms with van der Waals surface area (Å²) in [7, 11) is 0. The molecular formula is C21H19BrN2O2S. The van der Waals surface area contributed by atoms with E-state index < -0.39 is 6.04 Å². The smallest absolute Gasteiger partial charge is 0.262 e. The monoisotopic (exact) mass is 442 g/mol. The SMILES string of the molecule is Cc1cc(Br)ccc1NC(=O)C(Cc1ccccc1)NC(=O)c1cccs1. The number of nitrogens with one attached hydrogen (secondary N) is 2. The highest BCUT2D eigenvalue weighted by molar-refractivity contribution is 9.10. The van der Waals surface area contributed by atoms with Crippen LogP contribution in [-0.2, 0) is 11.2 Å². The number of amides is 2. The van der Waals surface area contributed by atoms with E-state index in [2.05, 4.69) is 26.6 Å². The van der Waals surface area contributed by atoms with Gasteiger partial charge in [-0.05, 0) is 47.7 Å². The zero-order valence-electron chi connectivity index (χ0n) is 14.7. The highest BCUT2D eigenvalue weighted by Crippen LogP contribution is 2.20. The van der Waals surface area contributed by atoms with Gasteiger partial charge in [-0.15, -0.1) is 11.3 Å². The van der Waals surface area contributed by atoms with Gasteiger partial charge in [-0.3, -0.25) is 9.59 Å². The molecule has 2 aromatic carbocycles. The molecule has 0 radical (unpaired) electrons. The van der Waals surface area contributed by atoms with Crippen LogP contribution < -0.4 is 10.6 Å². The number of benzene rings is 2. The molecule has 0 saturated carbocycles. The lowest BCUT2D eigenvalue weighted by Gasteiger charge is -2.19. The van der Waals surface area contributed by atoms with Gasteiger partial charge in [0.15, 0.2) is 0 Å². The van der Waals surface area contributed by atoms with Gasteiger partial charge in [-0.1, -0.05) is 52.3 Å². The Morgan fingerprint density at radius 3 is 2.52 bits per heavy atom. The molecule has 6 heteroatoms. The normalized spacial score (nSPS) is 11.6. The Bertz CT molecular complexity index is 927. The Morgan fingerprint density at radius 1 is 1.07 bits per heavy atom. The molecule has 1 heterocycles. The molecule has 3 aromatic rings. The zero-order valence-corrected chi connectivity index (χ0v) is 17.1. The van der Waals surface area contributed by atoms with Crippen LogP contribution >= 0.6 is 27.3 Å². The molecule has 0 saturated heterocycles. The van der Waals surface area contributed by atoms with Crippen LogP contribution in [0.1, 0.15) is 20.8 Å². The van der Waals surface area contributed by atoms with Crippen molar-refractivity contribution in [3.8, 4) is 0 Å². The first-order valence-electron chi connectivity index (χ1n) is 8.48. The van der Waals surface area contributed by atoms with Crippen molar-refractivity contribution in [3.63, 3.8) is 0 Å². The number of hydrogen-bond acceptors (Lipinski definition) is 3. The quantitative estimate of drug-likeness (QED) is 0.575. The van der Waals surface area contributed by atoms with E-state index in [1.54, 1.807) is 6.07 Å². The standard InChI is InChI=1S/C21H19BrN2O2S/c1-14-12-16(22)9-10-17(14)23-20(25)18(13-15-6-3-2-4-7-15)24-21(26)19-8-5-11-27-19/h2-12,18H,13H2,1H3,(H,23,25)(H,24,26). The lowest BCUT2D eigenvalue weighted by molar-refractivity contribution is -0.118. The summed E-state index contributed by atoms with van der Waals surface area (Å²) in [6.07, 6.45) is 0.416. The maximum atomic E-state index is 12.9. The van der Waals surface area contributed by atoms with Crippen LogP contribution in [0.25, 0.3) is 0 Å². The van der Waals surface area contributed by atoms with Crippen LogP contribution in [0.4, 0.5) is 5.69 Å². The summed E-state index contributed by atoms with van der Waals surface area (Å²) < 4.78 is 0.949. The zero-order chi connectivity index (χ0) is 19.2. The van der Waals surface area contributed by atoms with Gasteiger partial charge in [0.2, 0.25) is 5.91 Å². The summed E-state index contributed by atoms with van der Waals surface area (Å²) in [4.78, 5) is 26.0. The summed E-state index contributed by atoms with van der Waals surface area (Å²) in [5, 5.41) is 7.65. The minimum atomic E-state index is -0.676. The first-order valence-corrected chi connectivity index (χ1v) is 10.2. The number of halogens is 1. The fourth-order valence-electron chi connectivity index (χ4n) is 2.68. The van der Waals surface area contributed by atoms with Crippen molar-refractivity contribution < 1.29 is 9.59 Å². The molecule has 2 amide bonds. The second-order valence-corrected chi connectivity index (χ2v) is 8.00. The van der Waals surface area contributed by atoms with Gasteiger partial charge in [0.05, 0.1) is 4.88 Å². The van der Waals surface area contributed by atoms with Crippen LogP contribution in [0.5, 0.6) is 0 Å². The van der Waals surface area contributed by atoms with Crippen LogP contribution in [0.3, 0.4) is 0 Å². The van der Waals surface area contributed by atoms with E-state index in [1.807, 2.05) is 66.9 Å². The molecule has 0 aliphatic carbocycles. The number of carbonyl (C=O) groups is 2. The average Bonchev–Trinajstić information content (AvgIpc) is 3.19. The van der Waals surface area contributed by atoms with Gasteiger partial charge in [0.25, 0.3) is 5.91 Å². The van der Waals surface area contributed by atoms with E-state index in [0.29, 0.717) is 11.3 Å². The third-order valence-electron chi connectivity index (χ3n) is 4.10. The molecule has 3 rings (SSSR count). The minimum absolute atomic E-state index is 0.241. The molecule has 1 aromatic heterocycles. The third-order valence-corrected chi connectivity index (χ3v) is 5.46. The first kappa shape index (κ1) is 19.3. The molecular weight excluding hydrogens is 424 g/mol. The van der Waals surface area contributed by atoms with Crippen LogP contribution in [-0.4, -0.2) is 17.9 Å². The van der Waals surface area contributed by atoms with Crippen LogP contribution in [0.15, 0.2) is 70.5 Å². The van der Waals surface area contributed by atoms with Gasteiger partial charge in [0.1, 0.15) is 6.04 Å². The molecule has 4 nitrogen and oxygen atoms in total. The molecule has 138 valence electrons. The molecule has 0 bridgehead atoms. The van der Waals surface area contributed by atoms with Crippen molar-refractivity contribution in [2.45, 2.75) is 19.4 Å². The Morgan fingerprint density at radius 2 is 1.85 bits per heavy atom. The number of anilines is 1. The molecule has 1 unspecified atom stereocenters. The molecule has 0 aliphatic heterocycles. The van der Waals surface area contributed by atoms with E-state index in [9.17, 15) is 9.59 Å². The Hall–Kier alpha value is -2.44. The molecule has 0 fully saturated rings. The maximum Gasteiger partial charge on any atom is 0.262 e. The Balaban J connectivity index is 1.79. The van der Waals surface area contributed by atoms with Crippen molar-refractivity contribution in [2.24, 2.45) is 0 Å². The van der Waals surface area contributed by atoms with Crippen molar-refractivity contribution >= 4 is 44.8 Å². The molecule has 0 aliphatic rings. The molecule has 1 atom stereocenters. The summed E-state index contributed by atoms with van der Waals surface area (Å²) >= 11 is 4.77. The largest absolute Gasteiger partial charge is 0.339 e. The van der Waals surface area contributed by atoms with E-state index in [-0.39, 0.29) is 11.8 Å². The minimum Gasteiger partial charge on any atom is -0.339 e. The highest BCUT2D eigenvalue weighted by atomic mass is 79.9. The average molecular weight is 443 g/mol. The topological polar surface area (TPSA) is 58.2 Å². The predicted molar refractivity (Wildman–Crippen MR) is 113 cm³/mol. The second kappa shape index (κ2) is 8.97. The Kier molecular flexibility index (Phi) is 6.42. The molecule has 2 N–H and O–H groups in total. The fourth-order valence-corrected chi connectivity index (χ4v) is 3.79. The van der Waals surface area contributed by atoms with Gasteiger partial charge in [0, 0.05) is 16.6 Å². The van der Waals surface area contributed by atoms with Gasteiger partial charge >= 0.3 is 0 Å². The van der Waals surface area contributed by atoms with Gasteiger partial charge in [-0.2, -0.15) is 0 Å². The number of hydrogen-bond donors (Lipinski definition) is 2. The lowest BCUT2D eigenvalue weighted by Crippen LogP contribution is -2.45. The number of carbonyl (C=O) groups excluding carboxylic acids is 2. The molecule has 0 spiro atoms. The fraction of sp³-hybridized carbons (Fsp3) is 0.143. The molecule has 27 heavy (non-hydrogen) atoms. The highest BCUT2D eigenvalue weighted by Gasteiger charge is 2.23. The van der Waals surface area contributed by atoms with Gasteiger partial charge < -0.3 is 10.6 Å². The number of aryl methyl sites for hydroxylation is 1. The Labute approximate surface area is 170 Å². The van der Waals surface area contributed by atoms with E-state index >= 15 is 0 Å². The lowest BCUT2D eigenvalue weighted by atomic mass is 10.0. The van der Waals surface area contributed by atoms with E-state index in [1.165, 1.54) is 11.3 Å². The number of rotatable bonds is 6. The maximum absolute atomic E-state index is 12.9. The second-order valence-electron chi connectivity index (χ2n) is 6.14. The van der Waals surface area contributed by atoms with Crippen molar-refractivity contribution in [3.05, 3.63) is 86.5 Å². The van der Waals surface area contributed by atoms with Gasteiger partial charge in [-0.25, -0.2) is 0 Å². The summed E-state index contributed by atoms with van der Waals surface area (Å²) in [6.45, 7) is 1.93. The van der Waals surface area contributed by atoms with E-state index in [4.69, 9.17) is 0 Å². The first-order chi connectivity index (χ1) is 13.0.